The van der Waals surface area contributed by atoms with Gasteiger partial charge in [0.2, 0.25) is 0 Å². The highest BCUT2D eigenvalue weighted by Gasteiger charge is 2.36. The molecule has 3 aromatic rings. The van der Waals surface area contributed by atoms with E-state index in [0.717, 1.165) is 27.1 Å². The van der Waals surface area contributed by atoms with Crippen LogP contribution in [0.4, 0.5) is 0 Å². The fourth-order valence-corrected chi connectivity index (χ4v) is 6.10. The van der Waals surface area contributed by atoms with Gasteiger partial charge < -0.3 is 4.57 Å². The molecule has 0 aromatic heterocycles. The molecule has 0 fully saturated rings. The minimum absolute atomic E-state index is 0.708. The van der Waals surface area contributed by atoms with Crippen LogP contribution in [0.15, 0.2) is 90.3 Å². The second-order valence-corrected chi connectivity index (χ2v) is 9.13. The summed E-state index contributed by atoms with van der Waals surface area (Å²) in [6.45, 7) is 0. The summed E-state index contributed by atoms with van der Waals surface area (Å²) in [4.78, 5) is 0. The lowest BCUT2D eigenvalue weighted by Gasteiger charge is -2.16. The van der Waals surface area contributed by atoms with Gasteiger partial charge in [-0.25, -0.2) is 0 Å². The summed E-state index contributed by atoms with van der Waals surface area (Å²) in [6.07, 6.45) is 6.00. The fourth-order valence-electron chi connectivity index (χ4n) is 3.12. The number of hydrogen-bond acceptors (Lipinski definition) is 1. The molecule has 0 saturated heterocycles. The zero-order chi connectivity index (χ0) is 17.3. The lowest BCUT2D eigenvalue weighted by molar-refractivity contribution is 0.591. The summed E-state index contributed by atoms with van der Waals surface area (Å²) in [5, 5.41) is 3.35. The van der Waals surface area contributed by atoms with Gasteiger partial charge in [-0.15, -0.1) is 0 Å². The van der Waals surface area contributed by atoms with E-state index in [1.807, 2.05) is 97.1 Å². The smallest absolute Gasteiger partial charge is 0.171 e. The molecule has 3 heteroatoms. The van der Waals surface area contributed by atoms with E-state index in [0.29, 0.717) is 5.02 Å². The Hall–Kier alpha value is -2.34. The minimum Gasteiger partial charge on any atom is -0.309 e. The number of rotatable bonds is 3. The largest absolute Gasteiger partial charge is 0.309 e. The van der Waals surface area contributed by atoms with Crippen molar-refractivity contribution in [1.29, 1.82) is 0 Å². The normalized spacial score (nSPS) is 19.0. The van der Waals surface area contributed by atoms with Gasteiger partial charge in [-0.05, 0) is 29.3 Å². The van der Waals surface area contributed by atoms with Gasteiger partial charge in [0.1, 0.15) is 0 Å². The number of fused-ring (bicyclic) bond motifs is 1. The predicted octanol–water partition coefficient (Wildman–Crippen LogP) is 5.72. The molecule has 0 amide bonds. The van der Waals surface area contributed by atoms with Crippen LogP contribution in [-0.2, 0) is 4.57 Å². The van der Waals surface area contributed by atoms with Crippen LogP contribution in [0.1, 0.15) is 11.1 Å². The van der Waals surface area contributed by atoms with Gasteiger partial charge in [0.25, 0.3) is 0 Å². The van der Waals surface area contributed by atoms with Crippen molar-refractivity contribution < 1.29 is 4.57 Å². The van der Waals surface area contributed by atoms with E-state index in [1.165, 1.54) is 0 Å². The van der Waals surface area contributed by atoms with Crippen LogP contribution in [0.2, 0.25) is 5.02 Å². The second-order valence-electron chi connectivity index (χ2n) is 5.96. The highest BCUT2D eigenvalue weighted by atomic mass is 35.5. The lowest BCUT2D eigenvalue weighted by Crippen LogP contribution is -2.15. The van der Waals surface area contributed by atoms with Crippen molar-refractivity contribution >= 4 is 41.5 Å². The number of halogens is 1. The van der Waals surface area contributed by atoms with Crippen molar-refractivity contribution in [1.82, 2.24) is 0 Å². The van der Waals surface area contributed by atoms with E-state index in [1.54, 1.807) is 0 Å². The zero-order valence-corrected chi connectivity index (χ0v) is 15.1. The van der Waals surface area contributed by atoms with Crippen LogP contribution in [0.25, 0.3) is 12.2 Å². The Labute approximate surface area is 152 Å². The number of hydrogen-bond donors (Lipinski definition) is 0. The molecule has 1 nitrogen and oxygen atoms in total. The maximum absolute atomic E-state index is 14.1. The minimum atomic E-state index is -2.82. The van der Waals surface area contributed by atoms with Crippen LogP contribution < -0.4 is 10.6 Å². The van der Waals surface area contributed by atoms with Crippen LogP contribution in [0.5, 0.6) is 0 Å². The molecule has 1 aliphatic heterocycles. The molecular formula is C22H16ClOP. The lowest BCUT2D eigenvalue weighted by atomic mass is 10.2. The molecule has 25 heavy (non-hydrogen) atoms. The van der Waals surface area contributed by atoms with Gasteiger partial charge in [-0.1, -0.05) is 90.5 Å². The number of benzene rings is 3. The van der Waals surface area contributed by atoms with Crippen molar-refractivity contribution in [3.8, 4) is 0 Å². The number of allylic oxidation sites excluding steroid dienone is 2. The van der Waals surface area contributed by atoms with Crippen LogP contribution in [-0.4, -0.2) is 0 Å². The third kappa shape index (κ3) is 2.91. The Morgan fingerprint density at radius 1 is 0.760 bits per heavy atom. The maximum atomic E-state index is 14.1. The molecule has 1 atom stereocenters. The summed E-state index contributed by atoms with van der Waals surface area (Å²) < 4.78 is 14.1. The molecule has 122 valence electrons. The first-order valence-corrected chi connectivity index (χ1v) is 10.2. The maximum Gasteiger partial charge on any atom is 0.171 e. The average molecular weight is 363 g/mol. The summed E-state index contributed by atoms with van der Waals surface area (Å²) >= 11 is 5.95. The van der Waals surface area contributed by atoms with E-state index >= 15 is 0 Å². The Bertz CT molecular complexity index is 1020. The van der Waals surface area contributed by atoms with Gasteiger partial charge in [0.15, 0.2) is 7.14 Å². The van der Waals surface area contributed by atoms with Crippen molar-refractivity contribution in [3.05, 3.63) is 106 Å². The standard InChI is InChI=1S/C22H16ClOP/c23-19-13-10-17(11-14-19)12-15-21-16-18-6-4-5-9-22(18)25(21,24)20-7-2-1-3-8-20/h1-16H/b15-12+. The van der Waals surface area contributed by atoms with Gasteiger partial charge in [0, 0.05) is 20.9 Å². The monoisotopic (exact) mass is 362 g/mol. The molecule has 0 saturated carbocycles. The molecule has 0 bridgehead atoms. The van der Waals surface area contributed by atoms with E-state index in [4.69, 9.17) is 11.6 Å². The molecule has 0 N–H and O–H groups in total. The quantitative estimate of drug-likeness (QED) is 0.544. The first kappa shape index (κ1) is 16.1. The van der Waals surface area contributed by atoms with Gasteiger partial charge >= 0.3 is 0 Å². The van der Waals surface area contributed by atoms with Crippen molar-refractivity contribution in [2.45, 2.75) is 0 Å². The molecular weight excluding hydrogens is 347 g/mol. The SMILES string of the molecule is O=P1(c2ccccc2)C(/C=C/c2ccc(Cl)cc2)=Cc2ccccc21. The Balaban J connectivity index is 1.81. The third-order valence-electron chi connectivity index (χ3n) is 4.38. The highest BCUT2D eigenvalue weighted by Crippen LogP contribution is 2.57. The Kier molecular flexibility index (Phi) is 4.21. The highest BCUT2D eigenvalue weighted by molar-refractivity contribution is 7.83. The third-order valence-corrected chi connectivity index (χ3v) is 7.75. The second kappa shape index (κ2) is 6.52. The molecule has 0 radical (unpaired) electrons. The zero-order valence-electron chi connectivity index (χ0n) is 13.5. The summed E-state index contributed by atoms with van der Waals surface area (Å²) in [5.41, 5.74) is 2.06. The predicted molar refractivity (Wildman–Crippen MR) is 108 cm³/mol. The Morgan fingerprint density at radius 2 is 1.44 bits per heavy atom. The molecule has 0 spiro atoms. The van der Waals surface area contributed by atoms with Crippen molar-refractivity contribution in [2.24, 2.45) is 0 Å². The molecule has 0 aliphatic carbocycles. The summed E-state index contributed by atoms with van der Waals surface area (Å²) in [5.74, 6) is 0. The van der Waals surface area contributed by atoms with Gasteiger partial charge in [0.05, 0.1) is 0 Å². The Morgan fingerprint density at radius 3 is 2.20 bits per heavy atom. The van der Waals surface area contributed by atoms with E-state index in [-0.39, 0.29) is 0 Å². The van der Waals surface area contributed by atoms with Crippen molar-refractivity contribution in [3.63, 3.8) is 0 Å². The molecule has 1 aliphatic rings. The molecule has 1 heterocycles. The van der Waals surface area contributed by atoms with Crippen LogP contribution in [0, 0.1) is 0 Å². The van der Waals surface area contributed by atoms with E-state index in [9.17, 15) is 4.57 Å². The first-order valence-electron chi connectivity index (χ1n) is 8.09. The van der Waals surface area contributed by atoms with Crippen molar-refractivity contribution in [2.75, 3.05) is 0 Å². The van der Waals surface area contributed by atoms with Crippen LogP contribution >= 0.6 is 18.7 Å². The van der Waals surface area contributed by atoms with E-state index in [2.05, 4.69) is 0 Å². The molecule has 1 unspecified atom stereocenters. The van der Waals surface area contributed by atoms with E-state index < -0.39 is 7.14 Å². The first-order chi connectivity index (χ1) is 12.2. The fraction of sp³-hybridized carbons (Fsp3) is 0. The summed E-state index contributed by atoms with van der Waals surface area (Å²) in [6, 6.07) is 25.3. The van der Waals surface area contributed by atoms with Crippen LogP contribution in [0.3, 0.4) is 0 Å². The molecule has 3 aromatic carbocycles. The average Bonchev–Trinajstić information content (AvgIpc) is 2.95. The van der Waals surface area contributed by atoms with Gasteiger partial charge in [-0.3, -0.25) is 0 Å². The topological polar surface area (TPSA) is 17.1 Å². The molecule has 4 rings (SSSR count). The summed E-state index contributed by atoms with van der Waals surface area (Å²) in [7, 11) is -2.82. The van der Waals surface area contributed by atoms with Gasteiger partial charge in [-0.2, -0.15) is 0 Å².